The van der Waals surface area contributed by atoms with Crippen LogP contribution >= 0.6 is 15.9 Å². The minimum absolute atomic E-state index is 0.337. The molecule has 2 N–H and O–H groups in total. The smallest absolute Gasteiger partial charge is 0.339 e. The number of nitrogens with two attached hydrogens (primary N) is 1. The van der Waals surface area contributed by atoms with E-state index < -0.39 is 5.97 Å². The van der Waals surface area contributed by atoms with Gasteiger partial charge in [0.05, 0.1) is 16.6 Å². The summed E-state index contributed by atoms with van der Waals surface area (Å²) >= 11 is 3.26. The Morgan fingerprint density at radius 2 is 2.33 bits per heavy atom. The fourth-order valence-corrected chi connectivity index (χ4v) is 1.61. The van der Waals surface area contributed by atoms with Crippen LogP contribution in [0.5, 0.6) is 0 Å². The average Bonchev–Trinajstić information content (AvgIpc) is 2.70. The van der Waals surface area contributed by atoms with Crippen LogP contribution in [0.15, 0.2) is 29.0 Å². The highest BCUT2D eigenvalue weighted by Gasteiger charge is 2.09. The average molecular weight is 311 g/mol. The molecule has 0 fully saturated rings. The standard InChI is InChI=1S/C11H11BrN4O2/c1-2-18-11(17)7-3-4-9(14-5-7)16-6-8(12)10(13)15-16/h3-6H,2H2,1H3,(H2,13,15). The molecule has 2 heterocycles. The second-order valence-corrected chi connectivity index (χ2v) is 4.29. The minimum atomic E-state index is -0.391. The number of ether oxygens (including phenoxy) is 1. The molecule has 0 aromatic carbocycles. The molecule has 0 saturated carbocycles. The van der Waals surface area contributed by atoms with Crippen molar-refractivity contribution in [3.8, 4) is 5.82 Å². The van der Waals surface area contributed by atoms with E-state index in [0.717, 1.165) is 0 Å². The lowest BCUT2D eigenvalue weighted by atomic mass is 10.3. The Morgan fingerprint density at radius 3 is 2.83 bits per heavy atom. The van der Waals surface area contributed by atoms with Gasteiger partial charge < -0.3 is 10.5 Å². The zero-order valence-electron chi connectivity index (χ0n) is 9.63. The summed E-state index contributed by atoms with van der Waals surface area (Å²) in [4.78, 5) is 15.6. The van der Waals surface area contributed by atoms with Gasteiger partial charge in [0.15, 0.2) is 11.6 Å². The van der Waals surface area contributed by atoms with E-state index in [-0.39, 0.29) is 0 Å². The summed E-state index contributed by atoms with van der Waals surface area (Å²) in [6, 6.07) is 3.30. The summed E-state index contributed by atoms with van der Waals surface area (Å²) < 4.78 is 7.08. The number of esters is 1. The highest BCUT2D eigenvalue weighted by Crippen LogP contribution is 2.18. The van der Waals surface area contributed by atoms with Crippen LogP contribution in [-0.2, 0) is 4.74 Å². The van der Waals surface area contributed by atoms with E-state index in [4.69, 9.17) is 10.5 Å². The molecule has 18 heavy (non-hydrogen) atoms. The van der Waals surface area contributed by atoms with Crippen molar-refractivity contribution in [2.75, 3.05) is 12.3 Å². The Kier molecular flexibility index (Phi) is 3.61. The number of anilines is 1. The molecule has 0 bridgehead atoms. The van der Waals surface area contributed by atoms with Gasteiger partial charge >= 0.3 is 5.97 Å². The lowest BCUT2D eigenvalue weighted by Crippen LogP contribution is -2.06. The number of carbonyl (C=O) groups excluding carboxylic acids is 1. The predicted octanol–water partition coefficient (Wildman–Crippen LogP) is 1.79. The van der Waals surface area contributed by atoms with Crippen molar-refractivity contribution >= 4 is 27.7 Å². The Bertz CT molecular complexity index is 545. The van der Waals surface area contributed by atoms with Gasteiger partial charge in [0, 0.05) is 12.4 Å². The maximum absolute atomic E-state index is 11.4. The van der Waals surface area contributed by atoms with E-state index in [2.05, 4.69) is 26.0 Å². The third kappa shape index (κ3) is 2.51. The maximum atomic E-state index is 11.4. The van der Waals surface area contributed by atoms with Gasteiger partial charge in [0.2, 0.25) is 0 Å². The van der Waals surface area contributed by atoms with Gasteiger partial charge in [-0.2, -0.15) is 0 Å². The second kappa shape index (κ2) is 5.18. The lowest BCUT2D eigenvalue weighted by molar-refractivity contribution is 0.0526. The van der Waals surface area contributed by atoms with Crippen LogP contribution in [0.3, 0.4) is 0 Å². The summed E-state index contributed by atoms with van der Waals surface area (Å²) in [5.74, 6) is 0.560. The topological polar surface area (TPSA) is 83.0 Å². The molecule has 0 aliphatic heterocycles. The molecule has 0 radical (unpaired) electrons. The van der Waals surface area contributed by atoms with Crippen molar-refractivity contribution in [1.82, 2.24) is 14.8 Å². The first kappa shape index (κ1) is 12.6. The van der Waals surface area contributed by atoms with Gasteiger partial charge in [-0.1, -0.05) is 0 Å². The van der Waals surface area contributed by atoms with Crippen LogP contribution < -0.4 is 5.73 Å². The Hall–Kier alpha value is -1.89. The molecule has 7 heteroatoms. The number of hydrogen-bond acceptors (Lipinski definition) is 5. The van der Waals surface area contributed by atoms with Crippen LogP contribution in [0.25, 0.3) is 5.82 Å². The summed E-state index contributed by atoms with van der Waals surface area (Å²) in [5, 5.41) is 4.06. The van der Waals surface area contributed by atoms with Crippen LogP contribution in [0, 0.1) is 0 Å². The lowest BCUT2D eigenvalue weighted by Gasteiger charge is -2.03. The van der Waals surface area contributed by atoms with Gasteiger partial charge in [-0.15, -0.1) is 5.10 Å². The molecular weight excluding hydrogens is 300 g/mol. The Balaban J connectivity index is 2.24. The molecule has 0 atom stereocenters. The summed E-state index contributed by atoms with van der Waals surface area (Å²) in [6.45, 7) is 2.09. The van der Waals surface area contributed by atoms with E-state index in [1.165, 1.54) is 10.9 Å². The third-order valence-electron chi connectivity index (χ3n) is 2.19. The zero-order valence-corrected chi connectivity index (χ0v) is 11.2. The minimum Gasteiger partial charge on any atom is -0.462 e. The molecule has 0 aliphatic carbocycles. The van der Waals surface area contributed by atoms with Crippen LogP contribution in [0.1, 0.15) is 17.3 Å². The molecule has 0 spiro atoms. The van der Waals surface area contributed by atoms with Gasteiger partial charge in [0.1, 0.15) is 0 Å². The van der Waals surface area contributed by atoms with Crippen LogP contribution in [0.4, 0.5) is 5.82 Å². The molecule has 0 aliphatic rings. The maximum Gasteiger partial charge on any atom is 0.339 e. The molecular formula is C11H11BrN4O2. The van der Waals surface area contributed by atoms with Crippen molar-refractivity contribution in [3.63, 3.8) is 0 Å². The number of pyridine rings is 1. The molecule has 0 saturated heterocycles. The normalized spacial score (nSPS) is 10.3. The number of rotatable bonds is 3. The van der Waals surface area contributed by atoms with E-state index in [9.17, 15) is 4.79 Å². The quantitative estimate of drug-likeness (QED) is 0.874. The van der Waals surface area contributed by atoms with E-state index in [1.54, 1.807) is 25.3 Å². The van der Waals surface area contributed by atoms with Crippen LogP contribution in [-0.4, -0.2) is 27.3 Å². The van der Waals surface area contributed by atoms with Gasteiger partial charge in [-0.3, -0.25) is 0 Å². The fourth-order valence-electron chi connectivity index (χ4n) is 1.34. The molecule has 2 aromatic rings. The van der Waals surface area contributed by atoms with Crippen molar-refractivity contribution in [2.24, 2.45) is 0 Å². The van der Waals surface area contributed by atoms with E-state index in [1.807, 2.05) is 0 Å². The Morgan fingerprint density at radius 1 is 1.56 bits per heavy atom. The first-order valence-electron chi connectivity index (χ1n) is 5.26. The molecule has 2 rings (SSSR count). The number of aromatic nitrogens is 3. The third-order valence-corrected chi connectivity index (χ3v) is 2.80. The van der Waals surface area contributed by atoms with Crippen molar-refractivity contribution < 1.29 is 9.53 Å². The number of carbonyl (C=O) groups is 1. The van der Waals surface area contributed by atoms with Crippen molar-refractivity contribution in [3.05, 3.63) is 34.6 Å². The molecule has 94 valence electrons. The second-order valence-electron chi connectivity index (χ2n) is 3.43. The first-order valence-corrected chi connectivity index (χ1v) is 6.05. The summed E-state index contributed by atoms with van der Waals surface area (Å²) in [6.07, 6.45) is 3.14. The molecule has 6 nitrogen and oxygen atoms in total. The van der Waals surface area contributed by atoms with Gasteiger partial charge in [-0.05, 0) is 35.0 Å². The summed E-state index contributed by atoms with van der Waals surface area (Å²) in [7, 11) is 0. The number of halogens is 1. The highest BCUT2D eigenvalue weighted by atomic mass is 79.9. The molecule has 2 aromatic heterocycles. The SMILES string of the molecule is CCOC(=O)c1ccc(-n2cc(Br)c(N)n2)nc1. The monoisotopic (exact) mass is 310 g/mol. The highest BCUT2D eigenvalue weighted by molar-refractivity contribution is 9.10. The Labute approximate surface area is 112 Å². The fraction of sp³-hybridized carbons (Fsp3) is 0.182. The largest absolute Gasteiger partial charge is 0.462 e. The van der Waals surface area contributed by atoms with Gasteiger partial charge in [-0.25, -0.2) is 14.5 Å². The molecule has 0 unspecified atom stereocenters. The van der Waals surface area contributed by atoms with E-state index >= 15 is 0 Å². The number of hydrogen-bond donors (Lipinski definition) is 1. The van der Waals surface area contributed by atoms with Crippen molar-refractivity contribution in [1.29, 1.82) is 0 Å². The van der Waals surface area contributed by atoms with E-state index in [0.29, 0.717) is 28.3 Å². The summed E-state index contributed by atoms with van der Waals surface area (Å²) in [5.41, 5.74) is 6.02. The number of nitrogens with zero attached hydrogens (tertiary/aromatic N) is 3. The first-order chi connectivity index (χ1) is 8.61. The van der Waals surface area contributed by atoms with Crippen molar-refractivity contribution in [2.45, 2.75) is 6.92 Å². The van der Waals surface area contributed by atoms with Gasteiger partial charge in [0.25, 0.3) is 0 Å². The molecule has 0 amide bonds. The number of nitrogen functional groups attached to an aromatic ring is 1. The zero-order chi connectivity index (χ0) is 13.1. The van der Waals surface area contributed by atoms with Crippen LogP contribution in [0.2, 0.25) is 0 Å². The predicted molar refractivity (Wildman–Crippen MR) is 69.4 cm³/mol.